The van der Waals surface area contributed by atoms with Crippen LogP contribution in [0.2, 0.25) is 0 Å². The maximum atomic E-state index is 11.1. The Morgan fingerprint density at radius 2 is 2.25 bits per heavy atom. The summed E-state index contributed by atoms with van der Waals surface area (Å²) < 4.78 is 5.36. The summed E-state index contributed by atoms with van der Waals surface area (Å²) in [5, 5.41) is 0. The molecule has 0 unspecified atom stereocenters. The molecule has 12 heavy (non-hydrogen) atoms. The lowest BCUT2D eigenvalue weighted by Gasteiger charge is -2.02. The van der Waals surface area contributed by atoms with Crippen molar-refractivity contribution in [2.24, 2.45) is 0 Å². The number of rotatable bonds is 1. The summed E-state index contributed by atoms with van der Waals surface area (Å²) in [4.78, 5) is 11.1. The van der Waals surface area contributed by atoms with E-state index < -0.39 is 0 Å². The van der Waals surface area contributed by atoms with E-state index in [-0.39, 0.29) is 5.97 Å². The fourth-order valence-corrected chi connectivity index (χ4v) is 1.55. The molecule has 0 aliphatic carbocycles. The van der Waals surface area contributed by atoms with Crippen molar-refractivity contribution in [1.82, 2.24) is 0 Å². The molecule has 62 valence electrons. The van der Waals surface area contributed by atoms with Crippen molar-refractivity contribution < 1.29 is 9.53 Å². The highest BCUT2D eigenvalue weighted by Gasteiger charge is 2.08. The van der Waals surface area contributed by atoms with E-state index in [1.165, 1.54) is 7.11 Å². The van der Waals surface area contributed by atoms with Crippen LogP contribution in [-0.4, -0.2) is 20.9 Å². The molecule has 0 amide bonds. The molecule has 0 saturated heterocycles. The maximum absolute atomic E-state index is 11.1. The third kappa shape index (κ3) is 1.88. The largest absolute Gasteiger partial charge is 0.465 e. The van der Waals surface area contributed by atoms with E-state index in [1.807, 2.05) is 20.0 Å². The van der Waals surface area contributed by atoms with E-state index in [1.54, 1.807) is 6.07 Å². The van der Waals surface area contributed by atoms with Crippen molar-refractivity contribution >= 4 is 35.2 Å². The molecule has 0 N–H and O–H groups in total. The summed E-state index contributed by atoms with van der Waals surface area (Å²) in [5.41, 5.74) is 1.66. The third-order valence-corrected chi connectivity index (χ3v) is 2.19. The summed E-state index contributed by atoms with van der Waals surface area (Å²) >= 11 is 3.29. The van der Waals surface area contributed by atoms with E-state index in [9.17, 15) is 4.79 Å². The normalized spacial score (nSPS) is 9.50. The van der Waals surface area contributed by atoms with Crippen LogP contribution in [0, 0.1) is 0 Å². The molecule has 0 saturated carbocycles. The molecular formula is C8H8BBrO2. The minimum Gasteiger partial charge on any atom is -0.465 e. The van der Waals surface area contributed by atoms with Gasteiger partial charge >= 0.3 is 5.97 Å². The summed E-state index contributed by atoms with van der Waals surface area (Å²) in [5.74, 6) is -0.318. The second-order valence-corrected chi connectivity index (χ2v) is 3.33. The van der Waals surface area contributed by atoms with Crippen LogP contribution in [0.4, 0.5) is 0 Å². The van der Waals surface area contributed by atoms with Crippen LogP contribution < -0.4 is 5.46 Å². The molecule has 0 aliphatic rings. The van der Waals surface area contributed by atoms with E-state index in [4.69, 9.17) is 0 Å². The minimum absolute atomic E-state index is 0.318. The molecule has 1 aromatic carbocycles. The number of benzene rings is 1. The van der Waals surface area contributed by atoms with Gasteiger partial charge in [-0.2, -0.15) is 0 Å². The van der Waals surface area contributed by atoms with Gasteiger partial charge < -0.3 is 4.74 Å². The number of esters is 1. The van der Waals surface area contributed by atoms with Gasteiger partial charge in [-0.05, 0) is 22.0 Å². The van der Waals surface area contributed by atoms with E-state index >= 15 is 0 Å². The zero-order valence-electron chi connectivity index (χ0n) is 6.93. The van der Waals surface area contributed by atoms with Gasteiger partial charge in [0.2, 0.25) is 0 Å². The highest BCUT2D eigenvalue weighted by molar-refractivity contribution is 9.10. The first-order valence-electron chi connectivity index (χ1n) is 3.49. The first-order valence-corrected chi connectivity index (χ1v) is 4.29. The predicted molar refractivity (Wildman–Crippen MR) is 53.7 cm³/mol. The van der Waals surface area contributed by atoms with Crippen LogP contribution in [0.1, 0.15) is 10.4 Å². The van der Waals surface area contributed by atoms with Crippen LogP contribution in [-0.2, 0) is 4.74 Å². The Morgan fingerprint density at radius 3 is 2.75 bits per heavy atom. The van der Waals surface area contributed by atoms with Gasteiger partial charge in [0.1, 0.15) is 7.85 Å². The highest BCUT2D eigenvalue weighted by atomic mass is 79.9. The quantitative estimate of drug-likeness (QED) is 0.515. The molecular weight excluding hydrogens is 219 g/mol. The summed E-state index contributed by atoms with van der Waals surface area (Å²) in [6.45, 7) is 0. The minimum atomic E-state index is -0.318. The standard InChI is InChI=1S/C8H8BBrO2/c1-12-8(11)6-3-2-5(9)4-7(6)10/h2-4H,9H2,1H3. The van der Waals surface area contributed by atoms with Gasteiger partial charge in [0.25, 0.3) is 0 Å². The maximum Gasteiger partial charge on any atom is 0.338 e. The van der Waals surface area contributed by atoms with Crippen molar-refractivity contribution in [1.29, 1.82) is 0 Å². The Morgan fingerprint density at radius 1 is 1.58 bits per heavy atom. The van der Waals surface area contributed by atoms with Gasteiger partial charge in [-0.3, -0.25) is 0 Å². The Kier molecular flexibility index (Phi) is 2.92. The number of methoxy groups -OCH3 is 1. The van der Waals surface area contributed by atoms with Gasteiger partial charge in [-0.25, -0.2) is 4.79 Å². The van der Waals surface area contributed by atoms with Gasteiger partial charge in [0.15, 0.2) is 0 Å². The SMILES string of the molecule is Bc1ccc(C(=O)OC)c(Br)c1. The lowest BCUT2D eigenvalue weighted by atomic mass is 9.95. The smallest absolute Gasteiger partial charge is 0.338 e. The van der Waals surface area contributed by atoms with Gasteiger partial charge in [0, 0.05) is 4.47 Å². The van der Waals surface area contributed by atoms with E-state index in [2.05, 4.69) is 20.7 Å². The molecule has 0 spiro atoms. The number of carbonyl (C=O) groups excluding carboxylic acids is 1. The molecule has 0 atom stereocenters. The molecule has 0 fully saturated rings. The summed E-state index contributed by atoms with van der Waals surface area (Å²) in [6, 6.07) is 5.49. The first-order chi connectivity index (χ1) is 5.65. The number of carbonyl (C=O) groups is 1. The van der Waals surface area contributed by atoms with Crippen molar-refractivity contribution in [2.45, 2.75) is 0 Å². The topological polar surface area (TPSA) is 26.3 Å². The third-order valence-electron chi connectivity index (χ3n) is 1.53. The van der Waals surface area contributed by atoms with Gasteiger partial charge in [-0.1, -0.05) is 17.6 Å². The van der Waals surface area contributed by atoms with Gasteiger partial charge in [0.05, 0.1) is 12.7 Å². The highest BCUT2D eigenvalue weighted by Crippen LogP contribution is 2.15. The van der Waals surface area contributed by atoms with Crippen LogP contribution in [0.3, 0.4) is 0 Å². The summed E-state index contributed by atoms with van der Waals surface area (Å²) in [6.07, 6.45) is 0. The summed E-state index contributed by atoms with van der Waals surface area (Å²) in [7, 11) is 3.33. The van der Waals surface area contributed by atoms with Crippen LogP contribution in [0.25, 0.3) is 0 Å². The number of ether oxygens (including phenoxy) is 1. The second-order valence-electron chi connectivity index (χ2n) is 2.47. The van der Waals surface area contributed by atoms with Crippen molar-refractivity contribution in [3.05, 3.63) is 28.2 Å². The lowest BCUT2D eigenvalue weighted by Crippen LogP contribution is -2.07. The number of hydrogen-bond acceptors (Lipinski definition) is 2. The van der Waals surface area contributed by atoms with Crippen LogP contribution >= 0.6 is 15.9 Å². The fourth-order valence-electron chi connectivity index (χ4n) is 0.896. The molecule has 0 heterocycles. The fraction of sp³-hybridized carbons (Fsp3) is 0.125. The van der Waals surface area contributed by atoms with Crippen molar-refractivity contribution in [3.63, 3.8) is 0 Å². The first kappa shape index (κ1) is 9.32. The van der Waals surface area contributed by atoms with Crippen molar-refractivity contribution in [2.75, 3.05) is 7.11 Å². The van der Waals surface area contributed by atoms with Crippen molar-refractivity contribution in [3.8, 4) is 0 Å². The molecule has 0 radical (unpaired) electrons. The molecule has 1 aromatic rings. The monoisotopic (exact) mass is 226 g/mol. The molecule has 2 nitrogen and oxygen atoms in total. The van der Waals surface area contributed by atoms with Gasteiger partial charge in [-0.15, -0.1) is 0 Å². The van der Waals surface area contributed by atoms with E-state index in [0.717, 1.165) is 9.94 Å². The molecule has 4 heteroatoms. The average molecular weight is 227 g/mol. The number of halogens is 1. The van der Waals surface area contributed by atoms with Crippen LogP contribution in [0.15, 0.2) is 22.7 Å². The zero-order valence-corrected chi connectivity index (χ0v) is 8.51. The Bertz CT molecular complexity index is 312. The zero-order chi connectivity index (χ0) is 9.14. The van der Waals surface area contributed by atoms with Crippen LogP contribution in [0.5, 0.6) is 0 Å². The van der Waals surface area contributed by atoms with E-state index in [0.29, 0.717) is 5.56 Å². The molecule has 1 rings (SSSR count). The predicted octanol–water partition coefficient (Wildman–Crippen LogP) is 0.494. The molecule has 0 bridgehead atoms. The average Bonchev–Trinajstić information content (AvgIpc) is 2.03. The lowest BCUT2D eigenvalue weighted by molar-refractivity contribution is 0.0600. The Balaban J connectivity index is 3.09. The number of hydrogen-bond donors (Lipinski definition) is 0. The molecule has 0 aliphatic heterocycles. The Labute approximate surface area is 80.5 Å². The molecule has 0 aromatic heterocycles. The Hall–Kier alpha value is -0.765. The second kappa shape index (κ2) is 3.76.